The van der Waals surface area contributed by atoms with E-state index < -0.39 is 23.5 Å². The van der Waals surface area contributed by atoms with Crippen molar-refractivity contribution >= 4 is 23.5 Å². The molecule has 1 aliphatic heterocycles. The average Bonchev–Trinajstić information content (AvgIpc) is 3.33. The zero-order valence-electron chi connectivity index (χ0n) is 15.4. The number of hydrogen-bond acceptors (Lipinski definition) is 5. The van der Waals surface area contributed by atoms with Gasteiger partial charge in [0.1, 0.15) is 5.69 Å². The molecule has 2 heterocycles. The summed E-state index contributed by atoms with van der Waals surface area (Å²) in [5, 5.41) is 15.1. The molecule has 10 heteroatoms. The van der Waals surface area contributed by atoms with E-state index in [1.165, 1.54) is 4.68 Å². The van der Waals surface area contributed by atoms with Gasteiger partial charge >= 0.3 is 5.97 Å². The number of halogens is 1. The van der Waals surface area contributed by atoms with Crippen LogP contribution in [0.25, 0.3) is 5.69 Å². The summed E-state index contributed by atoms with van der Waals surface area (Å²) in [7, 11) is 0. The number of nitrogens with one attached hydrogen (secondary N) is 2. The highest BCUT2D eigenvalue weighted by molar-refractivity contribution is 6.30. The molecule has 0 radical (unpaired) electrons. The van der Waals surface area contributed by atoms with Crippen molar-refractivity contribution in [2.45, 2.75) is 12.5 Å². The van der Waals surface area contributed by atoms with Gasteiger partial charge in [-0.1, -0.05) is 29.8 Å². The Balaban J connectivity index is 1.63. The van der Waals surface area contributed by atoms with Crippen LogP contribution >= 0.6 is 11.6 Å². The second kappa shape index (κ2) is 7.96. The van der Waals surface area contributed by atoms with Crippen LogP contribution in [0, 0.1) is 0 Å². The highest BCUT2D eigenvalue weighted by atomic mass is 35.5. The van der Waals surface area contributed by atoms with E-state index in [9.17, 15) is 19.5 Å². The Morgan fingerprint density at radius 3 is 2.77 bits per heavy atom. The maximum atomic E-state index is 12.8. The van der Waals surface area contributed by atoms with Crippen LogP contribution in [0.15, 0.2) is 53.3 Å². The minimum atomic E-state index is -1.11. The molecule has 9 nitrogen and oxygen atoms in total. The van der Waals surface area contributed by atoms with E-state index in [-0.39, 0.29) is 18.9 Å². The first-order valence-corrected chi connectivity index (χ1v) is 9.29. The van der Waals surface area contributed by atoms with Crippen LogP contribution in [0.2, 0.25) is 5.02 Å². The molecule has 0 fully saturated rings. The Bertz CT molecular complexity index is 1190. The highest BCUT2D eigenvalue weighted by Crippen LogP contribution is 2.39. The topological polar surface area (TPSA) is 123 Å². The number of fused-ring (bicyclic) bond motifs is 1. The molecule has 2 aromatic carbocycles. The van der Waals surface area contributed by atoms with E-state index in [0.717, 1.165) is 6.07 Å². The number of aliphatic carboxylic acids is 1. The number of carboxylic acid groups (broad SMARTS) is 1. The fourth-order valence-electron chi connectivity index (χ4n) is 3.20. The quantitative estimate of drug-likeness (QED) is 0.553. The number of benzene rings is 2. The van der Waals surface area contributed by atoms with Gasteiger partial charge in [0.15, 0.2) is 11.5 Å². The lowest BCUT2D eigenvalue weighted by atomic mass is 10.0. The predicted molar refractivity (Wildman–Crippen MR) is 106 cm³/mol. The van der Waals surface area contributed by atoms with Crippen LogP contribution in [0.3, 0.4) is 0 Å². The standard InChI is InChI=1S/C20H16ClN3O6/c21-11-3-1-4-12(7-11)24-17(25)8-15(23-24)20(28)22-14(9-18(26)27)13-5-2-6-16-19(13)30-10-29-16/h1-8,14,23H,9-10H2,(H,22,28)(H,26,27). The van der Waals surface area contributed by atoms with Crippen LogP contribution in [0.4, 0.5) is 0 Å². The van der Waals surface area contributed by atoms with Crippen molar-refractivity contribution in [3.05, 3.63) is 75.2 Å². The van der Waals surface area contributed by atoms with Gasteiger partial charge in [0, 0.05) is 16.7 Å². The Kier molecular flexibility index (Phi) is 5.20. The maximum Gasteiger partial charge on any atom is 0.305 e. The van der Waals surface area contributed by atoms with Crippen molar-refractivity contribution < 1.29 is 24.2 Å². The molecule has 1 aliphatic rings. The third-order valence-electron chi connectivity index (χ3n) is 4.52. The molecule has 1 unspecified atom stereocenters. The van der Waals surface area contributed by atoms with E-state index in [0.29, 0.717) is 27.8 Å². The molecule has 30 heavy (non-hydrogen) atoms. The van der Waals surface area contributed by atoms with Gasteiger partial charge in [-0.2, -0.15) is 0 Å². The summed E-state index contributed by atoms with van der Waals surface area (Å²) in [6.45, 7) is 0.00981. The van der Waals surface area contributed by atoms with Crippen molar-refractivity contribution in [1.29, 1.82) is 0 Å². The molecule has 0 saturated heterocycles. The zero-order chi connectivity index (χ0) is 21.3. The van der Waals surface area contributed by atoms with Crippen LogP contribution < -0.4 is 20.3 Å². The number of H-pyrrole nitrogens is 1. The minimum absolute atomic E-state index is 0.00981. The molecule has 0 spiro atoms. The summed E-state index contributed by atoms with van der Waals surface area (Å²) in [5.74, 6) is -0.899. The lowest BCUT2D eigenvalue weighted by Crippen LogP contribution is -2.30. The molecule has 0 aliphatic carbocycles. The predicted octanol–water partition coefficient (Wildman–Crippen LogP) is 2.49. The number of carbonyl (C=O) groups excluding carboxylic acids is 1. The normalized spacial score (nSPS) is 13.1. The monoisotopic (exact) mass is 429 g/mol. The average molecular weight is 430 g/mol. The number of aromatic amines is 1. The maximum absolute atomic E-state index is 12.8. The molecule has 1 atom stereocenters. The number of nitrogens with zero attached hydrogens (tertiary/aromatic N) is 1. The molecule has 1 amide bonds. The van der Waals surface area contributed by atoms with Crippen LogP contribution in [-0.2, 0) is 4.79 Å². The van der Waals surface area contributed by atoms with Gasteiger partial charge in [0.2, 0.25) is 6.79 Å². The number of para-hydroxylation sites is 1. The number of ether oxygens (including phenoxy) is 2. The third-order valence-corrected chi connectivity index (χ3v) is 4.75. The van der Waals surface area contributed by atoms with Gasteiger partial charge in [-0.3, -0.25) is 19.5 Å². The van der Waals surface area contributed by atoms with Gasteiger partial charge in [0.25, 0.3) is 11.5 Å². The van der Waals surface area contributed by atoms with Crippen LogP contribution in [0.1, 0.15) is 28.5 Å². The first-order valence-electron chi connectivity index (χ1n) is 8.91. The molecule has 154 valence electrons. The SMILES string of the molecule is O=C(O)CC(NC(=O)c1cc(=O)n(-c2cccc(Cl)c2)[nH]1)c1cccc2c1OCO2. The number of amides is 1. The first kappa shape index (κ1) is 19.6. The molecular formula is C20H16ClN3O6. The van der Waals surface area contributed by atoms with Gasteiger partial charge in [-0.15, -0.1) is 0 Å². The summed E-state index contributed by atoms with van der Waals surface area (Å²) >= 11 is 5.96. The Labute approximate surface area is 174 Å². The van der Waals surface area contributed by atoms with Crippen LogP contribution in [0.5, 0.6) is 11.5 Å². The Morgan fingerprint density at radius 2 is 2.00 bits per heavy atom. The van der Waals surface area contributed by atoms with Crippen molar-refractivity contribution in [1.82, 2.24) is 15.1 Å². The van der Waals surface area contributed by atoms with Crippen molar-refractivity contribution in [2.24, 2.45) is 0 Å². The van der Waals surface area contributed by atoms with Gasteiger partial charge in [0.05, 0.1) is 18.2 Å². The summed E-state index contributed by atoms with van der Waals surface area (Å²) in [5.41, 5.74) is 0.437. The molecule has 3 aromatic rings. The van der Waals surface area contributed by atoms with E-state index in [4.69, 9.17) is 21.1 Å². The van der Waals surface area contributed by atoms with E-state index in [1.54, 1.807) is 42.5 Å². The number of carbonyl (C=O) groups is 2. The van der Waals surface area contributed by atoms with E-state index >= 15 is 0 Å². The van der Waals surface area contributed by atoms with Crippen LogP contribution in [-0.4, -0.2) is 33.6 Å². The Hall–Kier alpha value is -3.72. The Morgan fingerprint density at radius 1 is 1.20 bits per heavy atom. The van der Waals surface area contributed by atoms with Crippen molar-refractivity contribution in [3.63, 3.8) is 0 Å². The zero-order valence-corrected chi connectivity index (χ0v) is 16.2. The molecule has 1 aromatic heterocycles. The lowest BCUT2D eigenvalue weighted by molar-refractivity contribution is -0.137. The summed E-state index contributed by atoms with van der Waals surface area (Å²) in [6, 6.07) is 11.8. The minimum Gasteiger partial charge on any atom is -0.481 e. The smallest absolute Gasteiger partial charge is 0.305 e. The third kappa shape index (κ3) is 3.87. The number of aromatic nitrogens is 2. The molecule has 3 N–H and O–H groups in total. The van der Waals surface area contributed by atoms with Gasteiger partial charge in [-0.25, -0.2) is 4.68 Å². The fraction of sp³-hybridized carbons (Fsp3) is 0.150. The molecule has 0 saturated carbocycles. The second-order valence-electron chi connectivity index (χ2n) is 6.53. The first-order chi connectivity index (χ1) is 14.4. The van der Waals surface area contributed by atoms with E-state index in [2.05, 4.69) is 10.4 Å². The van der Waals surface area contributed by atoms with E-state index in [1.807, 2.05) is 0 Å². The van der Waals surface area contributed by atoms with Crippen molar-refractivity contribution in [2.75, 3.05) is 6.79 Å². The summed E-state index contributed by atoms with van der Waals surface area (Å²) in [6.07, 6.45) is -0.384. The highest BCUT2D eigenvalue weighted by Gasteiger charge is 2.27. The number of rotatable bonds is 6. The van der Waals surface area contributed by atoms with Gasteiger partial charge in [-0.05, 0) is 24.3 Å². The van der Waals surface area contributed by atoms with Gasteiger partial charge < -0.3 is 19.9 Å². The molecule has 4 rings (SSSR count). The number of hydrogen-bond donors (Lipinski definition) is 3. The summed E-state index contributed by atoms with van der Waals surface area (Å²) < 4.78 is 11.9. The summed E-state index contributed by atoms with van der Waals surface area (Å²) in [4.78, 5) is 36.5. The molecule has 0 bridgehead atoms. The van der Waals surface area contributed by atoms with Crippen molar-refractivity contribution in [3.8, 4) is 17.2 Å². The second-order valence-corrected chi connectivity index (χ2v) is 6.96. The number of carboxylic acids is 1. The fourth-order valence-corrected chi connectivity index (χ4v) is 3.38. The largest absolute Gasteiger partial charge is 0.481 e. The lowest BCUT2D eigenvalue weighted by Gasteiger charge is -2.18. The molecular weight excluding hydrogens is 414 g/mol.